The molecule has 2 heterocycles. The maximum atomic E-state index is 3.63. The molecule has 3 atom stereocenters. The Bertz CT molecular complexity index is 168. The van der Waals surface area contributed by atoms with Crippen LogP contribution in [0.15, 0.2) is 0 Å². The minimum Gasteiger partial charge on any atom is -0.314 e. The van der Waals surface area contributed by atoms with Crippen molar-refractivity contribution in [3.05, 3.63) is 0 Å². The zero-order valence-corrected chi connectivity index (χ0v) is 8.97. The molecule has 0 radical (unpaired) electrons. The summed E-state index contributed by atoms with van der Waals surface area (Å²) in [4.78, 5) is 0. The zero-order chi connectivity index (χ0) is 9.80. The van der Waals surface area contributed by atoms with Crippen LogP contribution in [0.5, 0.6) is 0 Å². The first-order valence-electron chi connectivity index (χ1n) is 5.75. The van der Waals surface area contributed by atoms with Gasteiger partial charge in [-0.15, -0.1) is 0 Å². The van der Waals surface area contributed by atoms with Crippen LogP contribution >= 0.6 is 0 Å². The van der Waals surface area contributed by atoms with Crippen molar-refractivity contribution in [2.24, 2.45) is 0 Å². The fourth-order valence-electron chi connectivity index (χ4n) is 2.37. The highest BCUT2D eigenvalue weighted by Crippen LogP contribution is 2.03. The molecule has 2 aliphatic heterocycles. The lowest BCUT2D eigenvalue weighted by Crippen LogP contribution is -2.57. The average Bonchev–Trinajstić information content (AvgIpc) is 2.19. The Labute approximate surface area is 86.2 Å². The van der Waals surface area contributed by atoms with Gasteiger partial charge in [-0.2, -0.15) is 0 Å². The normalized spacial score (nSPS) is 39.6. The summed E-state index contributed by atoms with van der Waals surface area (Å²) in [7, 11) is 0. The van der Waals surface area contributed by atoms with E-state index < -0.39 is 0 Å². The number of hydrogen-bond donors (Lipinski definition) is 4. The first kappa shape index (κ1) is 10.4. The van der Waals surface area contributed by atoms with E-state index in [1.165, 1.54) is 6.42 Å². The first-order valence-corrected chi connectivity index (χ1v) is 5.75. The standard InChI is InChI=1S/C10H22N4/c1-8-5-12-7-10(14-8)4-9-6-11-2-3-13-9/h8-14H,2-7H2,1H3. The molecule has 2 saturated heterocycles. The van der Waals surface area contributed by atoms with Crippen molar-refractivity contribution in [1.82, 2.24) is 21.3 Å². The Hall–Kier alpha value is -0.160. The molecule has 4 heteroatoms. The Kier molecular flexibility index (Phi) is 3.75. The van der Waals surface area contributed by atoms with Gasteiger partial charge in [-0.25, -0.2) is 0 Å². The van der Waals surface area contributed by atoms with Crippen molar-refractivity contribution in [1.29, 1.82) is 0 Å². The molecule has 2 rings (SSSR count). The smallest absolute Gasteiger partial charge is 0.0210 e. The van der Waals surface area contributed by atoms with E-state index in [2.05, 4.69) is 28.2 Å². The van der Waals surface area contributed by atoms with Crippen LogP contribution in [0.2, 0.25) is 0 Å². The van der Waals surface area contributed by atoms with Gasteiger partial charge in [0.1, 0.15) is 0 Å². The lowest BCUT2D eigenvalue weighted by molar-refractivity contribution is 0.293. The summed E-state index contributed by atoms with van der Waals surface area (Å²) in [5, 5.41) is 14.1. The lowest BCUT2D eigenvalue weighted by atomic mass is 10.0. The van der Waals surface area contributed by atoms with Crippen LogP contribution in [0.25, 0.3) is 0 Å². The molecule has 0 aromatic heterocycles. The topological polar surface area (TPSA) is 48.1 Å². The number of hydrogen-bond acceptors (Lipinski definition) is 4. The van der Waals surface area contributed by atoms with Crippen LogP contribution in [0.3, 0.4) is 0 Å². The number of rotatable bonds is 2. The van der Waals surface area contributed by atoms with Crippen LogP contribution in [-0.4, -0.2) is 50.8 Å². The second kappa shape index (κ2) is 5.07. The highest BCUT2D eigenvalue weighted by molar-refractivity contribution is 4.86. The molecule has 4 N–H and O–H groups in total. The molecular weight excluding hydrogens is 176 g/mol. The molecule has 0 saturated carbocycles. The molecule has 3 unspecified atom stereocenters. The summed E-state index contributed by atoms with van der Waals surface area (Å²) < 4.78 is 0. The summed E-state index contributed by atoms with van der Waals surface area (Å²) in [5.41, 5.74) is 0. The molecule has 2 fully saturated rings. The van der Waals surface area contributed by atoms with E-state index in [0.717, 1.165) is 32.7 Å². The van der Waals surface area contributed by atoms with Crippen molar-refractivity contribution in [2.75, 3.05) is 32.7 Å². The predicted molar refractivity (Wildman–Crippen MR) is 58.5 cm³/mol. The van der Waals surface area contributed by atoms with E-state index in [-0.39, 0.29) is 0 Å². The molecule has 0 aliphatic carbocycles. The Morgan fingerprint density at radius 1 is 1.00 bits per heavy atom. The molecule has 14 heavy (non-hydrogen) atoms. The lowest BCUT2D eigenvalue weighted by Gasteiger charge is -2.34. The Morgan fingerprint density at radius 2 is 1.86 bits per heavy atom. The van der Waals surface area contributed by atoms with Gasteiger partial charge in [0.2, 0.25) is 0 Å². The third-order valence-electron chi connectivity index (χ3n) is 3.06. The largest absolute Gasteiger partial charge is 0.314 e. The van der Waals surface area contributed by atoms with E-state index in [1.54, 1.807) is 0 Å². The van der Waals surface area contributed by atoms with Gasteiger partial charge in [0.25, 0.3) is 0 Å². The van der Waals surface area contributed by atoms with E-state index in [1.807, 2.05) is 0 Å². The fourth-order valence-corrected chi connectivity index (χ4v) is 2.37. The van der Waals surface area contributed by atoms with Gasteiger partial charge < -0.3 is 21.3 Å². The van der Waals surface area contributed by atoms with Crippen molar-refractivity contribution in [3.8, 4) is 0 Å². The third-order valence-corrected chi connectivity index (χ3v) is 3.06. The van der Waals surface area contributed by atoms with Crippen molar-refractivity contribution >= 4 is 0 Å². The minimum absolute atomic E-state index is 0.616. The Balaban J connectivity index is 1.72. The second-order valence-electron chi connectivity index (χ2n) is 4.51. The third kappa shape index (κ3) is 2.92. The molecule has 0 aromatic carbocycles. The van der Waals surface area contributed by atoms with Crippen molar-refractivity contribution < 1.29 is 0 Å². The Morgan fingerprint density at radius 3 is 2.57 bits per heavy atom. The monoisotopic (exact) mass is 198 g/mol. The van der Waals surface area contributed by atoms with E-state index in [0.29, 0.717) is 18.1 Å². The molecule has 0 aromatic rings. The van der Waals surface area contributed by atoms with Crippen molar-refractivity contribution in [2.45, 2.75) is 31.5 Å². The molecule has 0 spiro atoms. The van der Waals surface area contributed by atoms with Gasteiger partial charge in [0.05, 0.1) is 0 Å². The van der Waals surface area contributed by atoms with Crippen LogP contribution < -0.4 is 21.3 Å². The summed E-state index contributed by atoms with van der Waals surface area (Å²) >= 11 is 0. The van der Waals surface area contributed by atoms with Crippen molar-refractivity contribution in [3.63, 3.8) is 0 Å². The first-order chi connectivity index (χ1) is 6.84. The van der Waals surface area contributed by atoms with Gasteiger partial charge in [-0.1, -0.05) is 0 Å². The van der Waals surface area contributed by atoms with Crippen LogP contribution in [0.4, 0.5) is 0 Å². The maximum absolute atomic E-state index is 3.63. The van der Waals surface area contributed by atoms with Gasteiger partial charge >= 0.3 is 0 Å². The summed E-state index contributed by atoms with van der Waals surface area (Å²) in [6.07, 6.45) is 1.23. The van der Waals surface area contributed by atoms with Gasteiger partial charge in [-0.3, -0.25) is 0 Å². The minimum atomic E-state index is 0.616. The maximum Gasteiger partial charge on any atom is 0.0210 e. The highest BCUT2D eigenvalue weighted by atomic mass is 15.1. The molecule has 4 nitrogen and oxygen atoms in total. The van der Waals surface area contributed by atoms with Gasteiger partial charge in [-0.05, 0) is 13.3 Å². The van der Waals surface area contributed by atoms with Gasteiger partial charge in [0.15, 0.2) is 0 Å². The van der Waals surface area contributed by atoms with E-state index >= 15 is 0 Å². The van der Waals surface area contributed by atoms with E-state index in [4.69, 9.17) is 0 Å². The average molecular weight is 198 g/mol. The summed E-state index contributed by atoms with van der Waals surface area (Å²) in [6.45, 7) is 7.80. The van der Waals surface area contributed by atoms with Crippen LogP contribution in [0, 0.1) is 0 Å². The molecule has 82 valence electrons. The summed E-state index contributed by atoms with van der Waals surface area (Å²) in [6, 6.07) is 1.90. The van der Waals surface area contributed by atoms with E-state index in [9.17, 15) is 0 Å². The quantitative estimate of drug-likeness (QED) is 0.454. The number of piperazine rings is 2. The SMILES string of the molecule is CC1CNCC(CC2CNCCN2)N1. The molecule has 0 amide bonds. The van der Waals surface area contributed by atoms with Gasteiger partial charge in [0, 0.05) is 50.8 Å². The molecule has 0 bridgehead atoms. The number of nitrogens with one attached hydrogen (secondary N) is 4. The molecule has 2 aliphatic rings. The highest BCUT2D eigenvalue weighted by Gasteiger charge is 2.21. The summed E-state index contributed by atoms with van der Waals surface area (Å²) in [5.74, 6) is 0. The zero-order valence-electron chi connectivity index (χ0n) is 8.97. The molecular formula is C10H22N4. The fraction of sp³-hybridized carbons (Fsp3) is 1.00. The predicted octanol–water partition coefficient (Wildman–Crippen LogP) is -1.11. The second-order valence-corrected chi connectivity index (χ2v) is 4.51. The van der Waals surface area contributed by atoms with Crippen LogP contribution in [0.1, 0.15) is 13.3 Å². The van der Waals surface area contributed by atoms with Crippen LogP contribution in [-0.2, 0) is 0 Å².